The van der Waals surface area contributed by atoms with E-state index in [0.29, 0.717) is 56.8 Å². The van der Waals surface area contributed by atoms with Crippen LogP contribution in [0, 0.1) is 17.8 Å². The Morgan fingerprint density at radius 1 is 0.837 bits per heavy atom. The maximum Gasteiger partial charge on any atom is 0.254 e. The zero-order valence-corrected chi connectivity index (χ0v) is 26.0. The summed E-state index contributed by atoms with van der Waals surface area (Å²) in [5, 5.41) is 12.9. The lowest BCUT2D eigenvalue weighted by Gasteiger charge is -2.52. The van der Waals surface area contributed by atoms with Crippen LogP contribution < -0.4 is 5.43 Å². The SMILES string of the molecule is O=C(c1ccc(C2CCC3(C4CCCCCCCC4)C(CNN3CC3COC3)C2)cc1)N1CCN(C(=O)C2(O)CC2)CC1. The Labute approximate surface area is 257 Å². The number of nitrogens with zero attached hydrogens (tertiary/aromatic N) is 3. The van der Waals surface area contributed by atoms with Crippen molar-refractivity contribution in [1.29, 1.82) is 0 Å². The molecule has 0 spiro atoms. The zero-order chi connectivity index (χ0) is 29.4. The Hall–Kier alpha value is -2.00. The molecule has 3 aliphatic carbocycles. The van der Waals surface area contributed by atoms with Gasteiger partial charge in [-0.05, 0) is 80.4 Å². The Morgan fingerprint density at radius 3 is 2.12 bits per heavy atom. The van der Waals surface area contributed by atoms with E-state index >= 15 is 0 Å². The molecule has 1 aromatic rings. The molecule has 3 aliphatic heterocycles. The molecule has 1 aromatic carbocycles. The van der Waals surface area contributed by atoms with Crippen LogP contribution in [0.25, 0.3) is 0 Å². The maximum atomic E-state index is 13.3. The molecule has 43 heavy (non-hydrogen) atoms. The van der Waals surface area contributed by atoms with Crippen LogP contribution in [0.1, 0.15) is 105 Å². The number of hydrogen-bond donors (Lipinski definition) is 2. The van der Waals surface area contributed by atoms with Gasteiger partial charge in [0.1, 0.15) is 5.60 Å². The second-order valence-electron chi connectivity index (χ2n) is 14.7. The normalized spacial score (nSPS) is 32.3. The van der Waals surface area contributed by atoms with Crippen molar-refractivity contribution in [3.05, 3.63) is 35.4 Å². The number of benzene rings is 1. The van der Waals surface area contributed by atoms with E-state index in [1.54, 1.807) is 4.90 Å². The second kappa shape index (κ2) is 12.4. The number of ether oxygens (including phenoxy) is 1. The van der Waals surface area contributed by atoms with Crippen LogP contribution in [-0.4, -0.2) is 95.4 Å². The van der Waals surface area contributed by atoms with Crippen molar-refractivity contribution >= 4 is 11.8 Å². The highest BCUT2D eigenvalue weighted by molar-refractivity contribution is 5.94. The molecule has 3 saturated carbocycles. The minimum Gasteiger partial charge on any atom is -0.381 e. The summed E-state index contributed by atoms with van der Waals surface area (Å²) in [5.41, 5.74) is 5.17. The van der Waals surface area contributed by atoms with Crippen molar-refractivity contribution < 1.29 is 19.4 Å². The maximum absolute atomic E-state index is 13.3. The van der Waals surface area contributed by atoms with E-state index in [0.717, 1.165) is 37.8 Å². The van der Waals surface area contributed by atoms with Crippen molar-refractivity contribution in [2.75, 3.05) is 52.5 Å². The van der Waals surface area contributed by atoms with E-state index in [1.165, 1.54) is 76.2 Å². The predicted octanol–water partition coefficient (Wildman–Crippen LogP) is 4.34. The van der Waals surface area contributed by atoms with Gasteiger partial charge in [0.2, 0.25) is 0 Å². The lowest BCUT2D eigenvalue weighted by Crippen LogP contribution is -2.60. The molecule has 6 fully saturated rings. The van der Waals surface area contributed by atoms with Crippen LogP contribution in [-0.2, 0) is 9.53 Å². The Kier molecular flexibility index (Phi) is 8.57. The lowest BCUT2D eigenvalue weighted by atomic mass is 9.60. The Balaban J connectivity index is 1.00. The number of fused-ring (bicyclic) bond motifs is 1. The lowest BCUT2D eigenvalue weighted by molar-refractivity contribution is -0.143. The highest BCUT2D eigenvalue weighted by atomic mass is 16.5. The quantitative estimate of drug-likeness (QED) is 0.512. The van der Waals surface area contributed by atoms with Gasteiger partial charge in [0.25, 0.3) is 11.8 Å². The molecular weight excluding hydrogens is 540 g/mol. The van der Waals surface area contributed by atoms with E-state index in [1.807, 2.05) is 17.0 Å². The van der Waals surface area contributed by atoms with Gasteiger partial charge in [0.05, 0.1) is 13.2 Å². The smallest absolute Gasteiger partial charge is 0.254 e. The van der Waals surface area contributed by atoms with Gasteiger partial charge >= 0.3 is 0 Å². The number of carbonyl (C=O) groups excluding carboxylic acids is 2. The number of carbonyl (C=O) groups is 2. The van der Waals surface area contributed by atoms with Gasteiger partial charge in [0, 0.05) is 56.3 Å². The van der Waals surface area contributed by atoms with E-state index in [2.05, 4.69) is 22.6 Å². The number of nitrogens with one attached hydrogen (secondary N) is 1. The van der Waals surface area contributed by atoms with Crippen molar-refractivity contribution in [1.82, 2.24) is 20.2 Å². The second-order valence-corrected chi connectivity index (χ2v) is 14.7. The van der Waals surface area contributed by atoms with Gasteiger partial charge in [-0.15, -0.1) is 0 Å². The van der Waals surface area contributed by atoms with Crippen molar-refractivity contribution in [2.45, 2.75) is 101 Å². The molecule has 3 unspecified atom stereocenters. The van der Waals surface area contributed by atoms with Gasteiger partial charge < -0.3 is 19.6 Å². The Morgan fingerprint density at radius 2 is 1.49 bits per heavy atom. The highest BCUT2D eigenvalue weighted by Crippen LogP contribution is 2.53. The summed E-state index contributed by atoms with van der Waals surface area (Å²) in [5.74, 6) is 2.51. The minimum absolute atomic E-state index is 0.0438. The number of rotatable bonds is 6. The average Bonchev–Trinajstić information content (AvgIpc) is 3.62. The Bertz CT molecular complexity index is 1130. The number of hydrazine groups is 1. The number of aliphatic hydroxyl groups is 1. The van der Waals surface area contributed by atoms with Crippen LogP contribution in [0.4, 0.5) is 0 Å². The largest absolute Gasteiger partial charge is 0.381 e. The fraction of sp³-hybridized carbons (Fsp3) is 0.771. The molecule has 2 N–H and O–H groups in total. The van der Waals surface area contributed by atoms with Gasteiger partial charge in [0.15, 0.2) is 0 Å². The summed E-state index contributed by atoms with van der Waals surface area (Å²) in [6.07, 6.45) is 15.9. The van der Waals surface area contributed by atoms with E-state index < -0.39 is 5.60 Å². The first-order chi connectivity index (χ1) is 21.0. The third-order valence-corrected chi connectivity index (χ3v) is 12.0. The summed E-state index contributed by atoms with van der Waals surface area (Å²) in [4.78, 5) is 29.4. The highest BCUT2D eigenvalue weighted by Gasteiger charge is 2.56. The van der Waals surface area contributed by atoms with Crippen LogP contribution >= 0.6 is 0 Å². The molecule has 3 saturated heterocycles. The summed E-state index contributed by atoms with van der Waals surface area (Å²) in [6.45, 7) is 6.06. The van der Waals surface area contributed by atoms with Crippen molar-refractivity contribution in [3.8, 4) is 0 Å². The molecule has 7 rings (SSSR count). The van der Waals surface area contributed by atoms with Gasteiger partial charge in [-0.3, -0.25) is 15.0 Å². The molecule has 6 aliphatic rings. The standard InChI is InChI=1S/C35H52N4O4/c40-32(37-17-19-38(20-18-37)33(41)34(42)15-16-34)28-11-9-27(10-12-28)29-13-14-35(30-7-5-3-1-2-4-6-8-30)31(21-29)22-36-39(35)23-26-24-43-25-26/h9-12,26,29-31,36,42H,1-8,13-25H2. The molecule has 0 aromatic heterocycles. The van der Waals surface area contributed by atoms with E-state index in [4.69, 9.17) is 4.74 Å². The van der Waals surface area contributed by atoms with Gasteiger partial charge in [-0.1, -0.05) is 50.7 Å². The molecule has 0 bridgehead atoms. The molecule has 3 heterocycles. The monoisotopic (exact) mass is 592 g/mol. The van der Waals surface area contributed by atoms with Crippen LogP contribution in [0.2, 0.25) is 0 Å². The summed E-state index contributed by atoms with van der Waals surface area (Å²) in [6, 6.07) is 8.47. The summed E-state index contributed by atoms with van der Waals surface area (Å²) in [7, 11) is 0. The zero-order valence-electron chi connectivity index (χ0n) is 26.0. The van der Waals surface area contributed by atoms with Crippen LogP contribution in [0.5, 0.6) is 0 Å². The number of piperazine rings is 1. The van der Waals surface area contributed by atoms with Crippen molar-refractivity contribution in [2.24, 2.45) is 17.8 Å². The van der Waals surface area contributed by atoms with Crippen molar-refractivity contribution in [3.63, 3.8) is 0 Å². The molecule has 8 nitrogen and oxygen atoms in total. The molecule has 236 valence electrons. The summed E-state index contributed by atoms with van der Waals surface area (Å²) >= 11 is 0. The van der Waals surface area contributed by atoms with Crippen LogP contribution in [0.3, 0.4) is 0 Å². The van der Waals surface area contributed by atoms with E-state index in [-0.39, 0.29) is 17.4 Å². The first-order valence-electron chi connectivity index (χ1n) is 17.5. The average molecular weight is 593 g/mol. The summed E-state index contributed by atoms with van der Waals surface area (Å²) < 4.78 is 5.57. The molecule has 3 atom stereocenters. The third-order valence-electron chi connectivity index (χ3n) is 12.0. The first-order valence-corrected chi connectivity index (χ1v) is 17.5. The molecule has 8 heteroatoms. The molecule has 2 amide bonds. The number of amides is 2. The fourth-order valence-electron chi connectivity index (χ4n) is 9.15. The molecular formula is C35H52N4O4. The van der Waals surface area contributed by atoms with Crippen LogP contribution in [0.15, 0.2) is 24.3 Å². The molecule has 0 radical (unpaired) electrons. The predicted molar refractivity (Wildman–Crippen MR) is 165 cm³/mol. The van der Waals surface area contributed by atoms with Gasteiger partial charge in [-0.25, -0.2) is 5.01 Å². The first kappa shape index (κ1) is 29.7. The number of hydrogen-bond acceptors (Lipinski definition) is 6. The minimum atomic E-state index is -1.13. The topological polar surface area (TPSA) is 85.4 Å². The third kappa shape index (κ3) is 5.89. The van der Waals surface area contributed by atoms with Gasteiger partial charge in [-0.2, -0.15) is 0 Å². The fourth-order valence-corrected chi connectivity index (χ4v) is 9.15. The van der Waals surface area contributed by atoms with E-state index in [9.17, 15) is 14.7 Å².